The molecule has 0 aliphatic carbocycles. The number of alkyl halides is 3. The molecule has 0 spiro atoms. The van der Waals surface area contributed by atoms with E-state index in [1.807, 2.05) is 0 Å². The summed E-state index contributed by atoms with van der Waals surface area (Å²) in [5.41, 5.74) is 5.70. The van der Waals surface area contributed by atoms with Crippen molar-refractivity contribution in [3.63, 3.8) is 0 Å². The first-order chi connectivity index (χ1) is 9.29. The number of nitrogens with two attached hydrogens (primary N) is 1. The SMILES string of the molecule is NC(=O)C(=S)c1ccc(-c2noc(C(F)(F)F)n2)cc1. The Labute approximate surface area is 115 Å². The lowest BCUT2D eigenvalue weighted by Crippen LogP contribution is -2.21. The van der Waals surface area contributed by atoms with Crippen LogP contribution in [0.4, 0.5) is 13.2 Å². The minimum atomic E-state index is -4.70. The molecule has 0 radical (unpaired) electrons. The summed E-state index contributed by atoms with van der Waals surface area (Å²) < 4.78 is 41.0. The minimum Gasteiger partial charge on any atom is -0.365 e. The van der Waals surface area contributed by atoms with E-state index in [9.17, 15) is 18.0 Å². The lowest BCUT2D eigenvalue weighted by molar-refractivity contribution is -0.159. The molecular weight excluding hydrogens is 295 g/mol. The van der Waals surface area contributed by atoms with Crippen LogP contribution < -0.4 is 5.73 Å². The largest absolute Gasteiger partial charge is 0.471 e. The quantitative estimate of drug-likeness (QED) is 0.692. The summed E-state index contributed by atoms with van der Waals surface area (Å²) in [7, 11) is 0. The third kappa shape index (κ3) is 2.82. The Kier molecular flexibility index (Phi) is 3.53. The number of amides is 1. The second-order valence-corrected chi connectivity index (χ2v) is 4.10. The first-order valence-electron chi connectivity index (χ1n) is 5.14. The topological polar surface area (TPSA) is 82.0 Å². The van der Waals surface area contributed by atoms with Gasteiger partial charge in [0.25, 0.3) is 5.91 Å². The van der Waals surface area contributed by atoms with Crippen LogP contribution in [0.25, 0.3) is 11.4 Å². The van der Waals surface area contributed by atoms with Crippen molar-refractivity contribution in [1.29, 1.82) is 0 Å². The second-order valence-electron chi connectivity index (χ2n) is 3.69. The average molecular weight is 301 g/mol. The molecule has 2 N–H and O–H groups in total. The summed E-state index contributed by atoms with van der Waals surface area (Å²) in [5.74, 6) is -2.40. The van der Waals surface area contributed by atoms with Crippen LogP contribution >= 0.6 is 12.2 Å². The van der Waals surface area contributed by atoms with Gasteiger partial charge in [0.05, 0.1) is 0 Å². The Hall–Kier alpha value is -2.29. The van der Waals surface area contributed by atoms with Crippen LogP contribution in [0, 0.1) is 0 Å². The van der Waals surface area contributed by atoms with Crippen molar-refractivity contribution in [2.24, 2.45) is 5.73 Å². The lowest BCUT2D eigenvalue weighted by Gasteiger charge is -2.00. The summed E-state index contributed by atoms with van der Waals surface area (Å²) in [6, 6.07) is 5.70. The predicted octanol–water partition coefficient (Wildman–Crippen LogP) is 1.96. The number of carbonyl (C=O) groups excluding carboxylic acids is 1. The predicted molar refractivity (Wildman–Crippen MR) is 65.6 cm³/mol. The molecule has 1 aromatic heterocycles. The molecule has 5 nitrogen and oxygen atoms in total. The van der Waals surface area contributed by atoms with Crippen LogP contribution in [0.15, 0.2) is 28.8 Å². The molecular formula is C11H6F3N3O2S. The summed E-state index contributed by atoms with van der Waals surface area (Å²) in [6.45, 7) is 0. The van der Waals surface area contributed by atoms with Crippen molar-refractivity contribution in [2.45, 2.75) is 6.18 Å². The van der Waals surface area contributed by atoms with Gasteiger partial charge in [0, 0.05) is 5.56 Å². The van der Waals surface area contributed by atoms with E-state index in [1.54, 1.807) is 0 Å². The molecule has 2 rings (SSSR count). The number of carbonyl (C=O) groups is 1. The molecule has 2 aromatic rings. The van der Waals surface area contributed by atoms with E-state index < -0.39 is 18.0 Å². The normalized spacial score (nSPS) is 11.3. The van der Waals surface area contributed by atoms with Crippen LogP contribution in [0.3, 0.4) is 0 Å². The molecule has 0 atom stereocenters. The standard InChI is InChI=1S/C11H6F3N3O2S/c12-11(13,14)10-16-9(17-19-10)6-3-1-5(2-4-6)7(20)8(15)18/h1-4H,(H2,15,18). The van der Waals surface area contributed by atoms with E-state index >= 15 is 0 Å². The monoisotopic (exact) mass is 301 g/mol. The minimum absolute atomic E-state index is 0.0688. The zero-order valence-corrected chi connectivity index (χ0v) is 10.5. The highest BCUT2D eigenvalue weighted by molar-refractivity contribution is 7.82. The van der Waals surface area contributed by atoms with E-state index in [2.05, 4.69) is 14.7 Å². The van der Waals surface area contributed by atoms with Crippen molar-refractivity contribution in [1.82, 2.24) is 10.1 Å². The fourth-order valence-corrected chi connectivity index (χ4v) is 1.50. The van der Waals surface area contributed by atoms with Crippen LogP contribution in [0.5, 0.6) is 0 Å². The molecule has 1 amide bonds. The Balaban J connectivity index is 2.29. The van der Waals surface area contributed by atoms with Gasteiger partial charge in [-0.3, -0.25) is 4.79 Å². The van der Waals surface area contributed by atoms with Crippen molar-refractivity contribution in [3.05, 3.63) is 35.7 Å². The van der Waals surface area contributed by atoms with Crippen molar-refractivity contribution in [3.8, 4) is 11.4 Å². The van der Waals surface area contributed by atoms with Gasteiger partial charge in [-0.05, 0) is 5.56 Å². The number of nitrogens with zero attached hydrogens (tertiary/aromatic N) is 2. The van der Waals surface area contributed by atoms with E-state index in [0.29, 0.717) is 11.1 Å². The third-order valence-electron chi connectivity index (χ3n) is 2.30. The maximum absolute atomic E-state index is 12.3. The van der Waals surface area contributed by atoms with E-state index in [0.717, 1.165) is 0 Å². The van der Waals surface area contributed by atoms with E-state index in [4.69, 9.17) is 18.0 Å². The number of thiocarbonyl (C=S) groups is 1. The fourth-order valence-electron chi connectivity index (χ4n) is 1.37. The first kappa shape index (κ1) is 14.1. The smallest absolute Gasteiger partial charge is 0.365 e. The molecule has 0 saturated carbocycles. The summed E-state index contributed by atoms with van der Waals surface area (Å²) in [6.07, 6.45) is -4.70. The number of benzene rings is 1. The number of rotatable bonds is 3. The number of hydrogen-bond donors (Lipinski definition) is 1. The zero-order chi connectivity index (χ0) is 14.9. The van der Waals surface area contributed by atoms with Crippen molar-refractivity contribution in [2.75, 3.05) is 0 Å². The maximum atomic E-state index is 12.3. The molecule has 0 saturated heterocycles. The van der Waals surface area contributed by atoms with Gasteiger partial charge in [0.1, 0.15) is 4.86 Å². The Bertz CT molecular complexity index is 664. The Morgan fingerprint density at radius 2 is 1.85 bits per heavy atom. The zero-order valence-electron chi connectivity index (χ0n) is 9.64. The van der Waals surface area contributed by atoms with Crippen molar-refractivity contribution >= 4 is 23.0 Å². The second kappa shape index (κ2) is 5.00. The molecule has 20 heavy (non-hydrogen) atoms. The number of hydrogen-bond acceptors (Lipinski definition) is 5. The molecule has 0 bridgehead atoms. The van der Waals surface area contributed by atoms with Crippen LogP contribution in [-0.2, 0) is 11.0 Å². The summed E-state index contributed by atoms with van der Waals surface area (Å²) >= 11 is 4.78. The van der Waals surface area contributed by atoms with Gasteiger partial charge in [-0.25, -0.2) is 0 Å². The molecule has 1 heterocycles. The van der Waals surface area contributed by atoms with Crippen LogP contribution in [0.1, 0.15) is 11.5 Å². The van der Waals surface area contributed by atoms with Crippen LogP contribution in [-0.4, -0.2) is 20.9 Å². The molecule has 0 aliphatic heterocycles. The highest BCUT2D eigenvalue weighted by atomic mass is 32.1. The highest BCUT2D eigenvalue weighted by Gasteiger charge is 2.38. The van der Waals surface area contributed by atoms with Gasteiger partial charge in [-0.2, -0.15) is 18.2 Å². The van der Waals surface area contributed by atoms with Crippen molar-refractivity contribution < 1.29 is 22.5 Å². The number of primary amides is 1. The van der Waals surface area contributed by atoms with Gasteiger partial charge in [-0.1, -0.05) is 41.6 Å². The molecule has 9 heteroatoms. The Morgan fingerprint density at radius 3 is 2.30 bits per heavy atom. The van der Waals surface area contributed by atoms with Gasteiger partial charge < -0.3 is 10.3 Å². The number of aromatic nitrogens is 2. The molecule has 0 fully saturated rings. The highest BCUT2D eigenvalue weighted by Crippen LogP contribution is 2.29. The van der Waals surface area contributed by atoms with Gasteiger partial charge >= 0.3 is 12.1 Å². The third-order valence-corrected chi connectivity index (χ3v) is 2.73. The molecule has 0 aliphatic rings. The van der Waals surface area contributed by atoms with E-state index in [1.165, 1.54) is 24.3 Å². The molecule has 0 unspecified atom stereocenters. The fraction of sp³-hybridized carbons (Fsp3) is 0.0909. The summed E-state index contributed by atoms with van der Waals surface area (Å²) in [5, 5.41) is 3.23. The average Bonchev–Trinajstić information content (AvgIpc) is 2.87. The lowest BCUT2D eigenvalue weighted by atomic mass is 10.1. The van der Waals surface area contributed by atoms with Crippen LogP contribution in [0.2, 0.25) is 0 Å². The van der Waals surface area contributed by atoms with E-state index in [-0.39, 0.29) is 10.7 Å². The first-order valence-corrected chi connectivity index (χ1v) is 5.55. The molecule has 1 aromatic carbocycles. The Morgan fingerprint density at radius 1 is 1.25 bits per heavy atom. The van der Waals surface area contributed by atoms with Gasteiger partial charge in [0.2, 0.25) is 5.82 Å². The maximum Gasteiger partial charge on any atom is 0.471 e. The molecule has 104 valence electrons. The number of halogens is 3. The van der Waals surface area contributed by atoms with Gasteiger partial charge in [-0.15, -0.1) is 0 Å². The summed E-state index contributed by atoms with van der Waals surface area (Å²) in [4.78, 5) is 14.0. The van der Waals surface area contributed by atoms with Gasteiger partial charge in [0.15, 0.2) is 0 Å².